The van der Waals surface area contributed by atoms with Crippen LogP contribution in [-0.4, -0.2) is 12.1 Å². The summed E-state index contributed by atoms with van der Waals surface area (Å²) in [6.07, 6.45) is 9.38. The zero-order valence-corrected chi connectivity index (χ0v) is 20.5. The van der Waals surface area contributed by atoms with Crippen molar-refractivity contribution in [2.45, 2.75) is 90.3 Å². The highest BCUT2D eigenvalue weighted by molar-refractivity contribution is 5.69. The first-order valence-electron chi connectivity index (χ1n) is 13.2. The fourth-order valence-corrected chi connectivity index (χ4v) is 7.08. The van der Waals surface area contributed by atoms with E-state index in [0.717, 1.165) is 43.4 Å². The van der Waals surface area contributed by atoms with Crippen molar-refractivity contribution >= 4 is 5.97 Å². The maximum Gasteiger partial charge on any atom is 0.306 e. The molecule has 0 aliphatic heterocycles. The molecule has 0 N–H and O–H groups in total. The third kappa shape index (κ3) is 4.48. The van der Waals surface area contributed by atoms with Crippen molar-refractivity contribution in [2.75, 3.05) is 0 Å². The SMILES string of the molecule is CCCCC(=O)O[C@@H]1CC[C@H]2[C@H]3CCc4cc(OCc5ccc(F)cc5)ccc4[C@H]3CC[C@]12C. The summed E-state index contributed by atoms with van der Waals surface area (Å²) < 4.78 is 25.2. The number of carbonyl (C=O) groups excluding carboxylic acids is 1. The van der Waals surface area contributed by atoms with Crippen LogP contribution in [0.2, 0.25) is 0 Å². The summed E-state index contributed by atoms with van der Waals surface area (Å²) in [6.45, 7) is 4.95. The molecule has 2 aromatic carbocycles. The molecular formula is C30H37FO3. The monoisotopic (exact) mass is 464 g/mol. The van der Waals surface area contributed by atoms with E-state index in [1.165, 1.54) is 42.5 Å². The first-order valence-corrected chi connectivity index (χ1v) is 13.2. The van der Waals surface area contributed by atoms with Crippen molar-refractivity contribution < 1.29 is 18.7 Å². The highest BCUT2D eigenvalue weighted by Gasteiger charge is 2.56. The van der Waals surface area contributed by atoms with Crippen molar-refractivity contribution in [3.05, 3.63) is 65.0 Å². The molecule has 0 spiro atoms. The maximum atomic E-state index is 13.1. The molecule has 2 saturated carbocycles. The van der Waals surface area contributed by atoms with E-state index in [2.05, 4.69) is 32.0 Å². The Labute approximate surface area is 203 Å². The van der Waals surface area contributed by atoms with E-state index in [1.807, 2.05) is 0 Å². The number of carbonyl (C=O) groups is 1. The molecule has 3 aliphatic carbocycles. The summed E-state index contributed by atoms with van der Waals surface area (Å²) in [7, 11) is 0. The van der Waals surface area contributed by atoms with E-state index in [9.17, 15) is 9.18 Å². The van der Waals surface area contributed by atoms with Crippen LogP contribution in [0.15, 0.2) is 42.5 Å². The fraction of sp³-hybridized carbons (Fsp3) is 0.567. The minimum absolute atomic E-state index is 0.00185. The second kappa shape index (κ2) is 9.71. The third-order valence-electron chi connectivity index (χ3n) is 8.94. The quantitative estimate of drug-likeness (QED) is 0.402. The molecule has 0 unspecified atom stereocenters. The van der Waals surface area contributed by atoms with Crippen molar-refractivity contribution in [2.24, 2.45) is 17.3 Å². The standard InChI is InChI=1S/C30H37FO3/c1-3-4-5-29(32)34-28-15-14-27-26-12-8-21-18-23(33-19-20-6-9-22(31)10-7-20)11-13-24(21)25(26)16-17-30(27,28)2/h6-7,9-11,13,18,25-28H,3-5,8,12,14-17,19H2,1-2H3/t25-,26+,27+,28-,30+/m1/s1. The first kappa shape index (κ1) is 23.4. The van der Waals surface area contributed by atoms with Gasteiger partial charge in [-0.05, 0) is 104 Å². The Bertz CT molecular complexity index is 1020. The van der Waals surface area contributed by atoms with Gasteiger partial charge in [0.1, 0.15) is 24.3 Å². The Hall–Kier alpha value is -2.36. The maximum absolute atomic E-state index is 13.1. The van der Waals surface area contributed by atoms with Gasteiger partial charge in [-0.25, -0.2) is 4.39 Å². The zero-order valence-electron chi connectivity index (χ0n) is 20.5. The highest BCUT2D eigenvalue weighted by Crippen LogP contribution is 2.61. The molecule has 2 fully saturated rings. The smallest absolute Gasteiger partial charge is 0.306 e. The Morgan fingerprint density at radius 1 is 1.09 bits per heavy atom. The van der Waals surface area contributed by atoms with Gasteiger partial charge >= 0.3 is 5.97 Å². The minimum Gasteiger partial charge on any atom is -0.489 e. The fourth-order valence-electron chi connectivity index (χ4n) is 7.08. The first-order chi connectivity index (χ1) is 16.5. The lowest BCUT2D eigenvalue weighted by atomic mass is 9.55. The molecule has 34 heavy (non-hydrogen) atoms. The average molecular weight is 465 g/mol. The van der Waals surface area contributed by atoms with E-state index in [4.69, 9.17) is 9.47 Å². The summed E-state index contributed by atoms with van der Waals surface area (Å²) in [5.74, 6) is 2.58. The number of benzene rings is 2. The normalized spacial score (nSPS) is 29.6. The molecule has 0 amide bonds. The van der Waals surface area contributed by atoms with Gasteiger partial charge in [0.25, 0.3) is 0 Å². The van der Waals surface area contributed by atoms with Crippen LogP contribution in [0.25, 0.3) is 0 Å². The number of hydrogen-bond donors (Lipinski definition) is 0. The Kier molecular flexibility index (Phi) is 6.68. The summed E-state index contributed by atoms with van der Waals surface area (Å²) in [5, 5.41) is 0. The van der Waals surface area contributed by atoms with Gasteiger partial charge in [0.15, 0.2) is 0 Å². The van der Waals surface area contributed by atoms with Gasteiger partial charge in [0.05, 0.1) is 0 Å². The zero-order chi connectivity index (χ0) is 23.7. The predicted octanol–water partition coefficient (Wildman–Crippen LogP) is 7.36. The molecule has 5 atom stereocenters. The van der Waals surface area contributed by atoms with Gasteiger partial charge in [-0.2, -0.15) is 0 Å². The van der Waals surface area contributed by atoms with Crippen LogP contribution in [0, 0.1) is 23.1 Å². The van der Waals surface area contributed by atoms with Gasteiger partial charge in [-0.15, -0.1) is 0 Å². The number of aryl methyl sites for hydroxylation is 1. The molecule has 0 aromatic heterocycles. The predicted molar refractivity (Wildman–Crippen MR) is 131 cm³/mol. The summed E-state index contributed by atoms with van der Waals surface area (Å²) in [4.78, 5) is 12.4. The molecule has 2 aromatic rings. The number of halogens is 1. The number of ether oxygens (including phenoxy) is 2. The minimum atomic E-state index is -0.223. The number of esters is 1. The Morgan fingerprint density at radius 3 is 2.71 bits per heavy atom. The number of hydrogen-bond acceptors (Lipinski definition) is 3. The molecule has 0 heterocycles. The van der Waals surface area contributed by atoms with Crippen molar-refractivity contribution in [3.8, 4) is 5.75 Å². The lowest BCUT2D eigenvalue weighted by Gasteiger charge is -2.50. The lowest BCUT2D eigenvalue weighted by Crippen LogP contribution is -2.45. The number of fused-ring (bicyclic) bond motifs is 5. The van der Waals surface area contributed by atoms with Crippen LogP contribution in [0.5, 0.6) is 5.75 Å². The largest absolute Gasteiger partial charge is 0.489 e. The topological polar surface area (TPSA) is 35.5 Å². The summed E-state index contributed by atoms with van der Waals surface area (Å²) >= 11 is 0. The second-order valence-corrected chi connectivity index (χ2v) is 10.9. The number of unbranched alkanes of at least 4 members (excludes halogenated alkanes) is 1. The molecule has 3 nitrogen and oxygen atoms in total. The second-order valence-electron chi connectivity index (χ2n) is 10.9. The molecule has 182 valence electrons. The number of rotatable bonds is 7. The summed E-state index contributed by atoms with van der Waals surface area (Å²) in [6, 6.07) is 13.1. The van der Waals surface area contributed by atoms with E-state index < -0.39 is 0 Å². The van der Waals surface area contributed by atoms with Gasteiger partial charge in [-0.3, -0.25) is 4.79 Å². The molecule has 0 saturated heterocycles. The summed E-state index contributed by atoms with van der Waals surface area (Å²) in [5.41, 5.74) is 4.01. The molecule has 0 radical (unpaired) electrons. The highest BCUT2D eigenvalue weighted by atomic mass is 19.1. The van der Waals surface area contributed by atoms with E-state index in [-0.39, 0.29) is 23.3 Å². The van der Waals surface area contributed by atoms with Gasteiger partial charge < -0.3 is 9.47 Å². The van der Waals surface area contributed by atoms with E-state index in [0.29, 0.717) is 30.8 Å². The lowest BCUT2D eigenvalue weighted by molar-refractivity contribution is -0.157. The van der Waals surface area contributed by atoms with Crippen molar-refractivity contribution in [1.29, 1.82) is 0 Å². The van der Waals surface area contributed by atoms with Crippen LogP contribution in [0.4, 0.5) is 4.39 Å². The Balaban J connectivity index is 1.25. The van der Waals surface area contributed by atoms with Crippen LogP contribution in [0.3, 0.4) is 0 Å². The van der Waals surface area contributed by atoms with Gasteiger partial charge in [-0.1, -0.05) is 38.5 Å². The molecular weight excluding hydrogens is 427 g/mol. The molecule has 3 aliphatic rings. The van der Waals surface area contributed by atoms with Gasteiger partial charge in [0, 0.05) is 11.8 Å². The molecule has 0 bridgehead atoms. The Morgan fingerprint density at radius 2 is 1.91 bits per heavy atom. The van der Waals surface area contributed by atoms with Crippen LogP contribution >= 0.6 is 0 Å². The van der Waals surface area contributed by atoms with Crippen LogP contribution in [-0.2, 0) is 22.6 Å². The van der Waals surface area contributed by atoms with Gasteiger partial charge in [0.2, 0.25) is 0 Å². The van der Waals surface area contributed by atoms with E-state index >= 15 is 0 Å². The van der Waals surface area contributed by atoms with Crippen LogP contribution < -0.4 is 4.74 Å². The van der Waals surface area contributed by atoms with Crippen LogP contribution in [0.1, 0.15) is 87.8 Å². The van der Waals surface area contributed by atoms with Crippen molar-refractivity contribution in [3.63, 3.8) is 0 Å². The third-order valence-corrected chi connectivity index (χ3v) is 8.94. The van der Waals surface area contributed by atoms with Crippen molar-refractivity contribution in [1.82, 2.24) is 0 Å². The molecule has 5 rings (SSSR count). The van der Waals surface area contributed by atoms with E-state index in [1.54, 1.807) is 12.1 Å². The molecule has 4 heteroatoms. The average Bonchev–Trinajstić information content (AvgIpc) is 3.18.